The molecule has 0 amide bonds. The molecule has 0 aliphatic rings. The Balaban J connectivity index is 0.00000261. The summed E-state index contributed by atoms with van der Waals surface area (Å²) in [7, 11) is 3.34. The molecule has 6 heteroatoms. The fourth-order valence-corrected chi connectivity index (χ4v) is 2.78. The Morgan fingerprint density at radius 2 is 1.74 bits per heavy atom. The van der Waals surface area contributed by atoms with E-state index in [9.17, 15) is 0 Å². The number of hydrogen-bond acceptors (Lipinski definition) is 3. The quantitative estimate of drug-likeness (QED) is 0.311. The first-order valence-electron chi connectivity index (χ1n) is 8.40. The fourth-order valence-electron chi connectivity index (χ4n) is 2.78. The van der Waals surface area contributed by atoms with E-state index in [1.165, 1.54) is 0 Å². The second kappa shape index (κ2) is 10.1. The standard InChI is InChI=1S/C21H23N3O2.HI/c1-25-14-18-5-3-4-6-20(18)24-21(22)23-13-15-7-8-17-12-19(26-2)10-9-16(17)11-15;/h3-12H,13-14H2,1-2H3,(H3,22,23,24);1H. The number of nitrogens with zero attached hydrogens (tertiary/aromatic N) is 1. The van der Waals surface area contributed by atoms with Gasteiger partial charge in [-0.2, -0.15) is 0 Å². The van der Waals surface area contributed by atoms with Gasteiger partial charge in [0.2, 0.25) is 0 Å². The van der Waals surface area contributed by atoms with Gasteiger partial charge < -0.3 is 20.5 Å². The van der Waals surface area contributed by atoms with Crippen LogP contribution in [0.5, 0.6) is 5.75 Å². The molecule has 0 bridgehead atoms. The molecule has 0 aliphatic carbocycles. The minimum absolute atomic E-state index is 0. The predicted molar refractivity (Wildman–Crippen MR) is 122 cm³/mol. The molecular formula is C21H24IN3O2. The highest BCUT2D eigenvalue weighted by Gasteiger charge is 2.03. The number of aliphatic imine (C=N–C) groups is 1. The van der Waals surface area contributed by atoms with Gasteiger partial charge in [-0.15, -0.1) is 24.0 Å². The lowest BCUT2D eigenvalue weighted by Crippen LogP contribution is -2.23. The van der Waals surface area contributed by atoms with Gasteiger partial charge in [-0.05, 0) is 40.6 Å². The molecule has 0 fully saturated rings. The molecule has 5 nitrogen and oxygen atoms in total. The van der Waals surface area contributed by atoms with Gasteiger partial charge in [0.25, 0.3) is 0 Å². The number of halogens is 1. The van der Waals surface area contributed by atoms with Crippen LogP contribution in [0.25, 0.3) is 10.8 Å². The van der Waals surface area contributed by atoms with Gasteiger partial charge in [0.1, 0.15) is 5.75 Å². The van der Waals surface area contributed by atoms with Crippen LogP contribution in [0.2, 0.25) is 0 Å². The minimum atomic E-state index is 0. The van der Waals surface area contributed by atoms with E-state index in [0.29, 0.717) is 19.1 Å². The Kier molecular flexibility index (Phi) is 7.87. The van der Waals surface area contributed by atoms with Crippen LogP contribution < -0.4 is 15.8 Å². The molecule has 27 heavy (non-hydrogen) atoms. The van der Waals surface area contributed by atoms with Crippen LogP contribution in [0, 0.1) is 0 Å². The molecule has 0 aliphatic heterocycles. The second-order valence-electron chi connectivity index (χ2n) is 5.96. The van der Waals surface area contributed by atoms with E-state index in [1.807, 2.05) is 42.5 Å². The first-order valence-corrected chi connectivity index (χ1v) is 8.40. The van der Waals surface area contributed by atoms with Crippen LogP contribution in [-0.2, 0) is 17.9 Å². The Labute approximate surface area is 176 Å². The maximum atomic E-state index is 6.05. The average Bonchev–Trinajstić information content (AvgIpc) is 2.67. The fraction of sp³-hybridized carbons (Fsp3) is 0.190. The van der Waals surface area contributed by atoms with E-state index in [0.717, 1.165) is 33.3 Å². The summed E-state index contributed by atoms with van der Waals surface area (Å²) in [6.07, 6.45) is 0. The van der Waals surface area contributed by atoms with Crippen molar-refractivity contribution in [1.29, 1.82) is 0 Å². The molecule has 0 aromatic heterocycles. The third-order valence-corrected chi connectivity index (χ3v) is 4.12. The lowest BCUT2D eigenvalue weighted by atomic mass is 10.1. The zero-order valence-corrected chi connectivity index (χ0v) is 17.8. The van der Waals surface area contributed by atoms with E-state index in [-0.39, 0.29) is 24.0 Å². The molecule has 0 saturated heterocycles. The maximum absolute atomic E-state index is 6.05. The first kappa shape index (κ1) is 21.0. The van der Waals surface area contributed by atoms with E-state index in [4.69, 9.17) is 15.2 Å². The van der Waals surface area contributed by atoms with Crippen LogP contribution in [0.1, 0.15) is 11.1 Å². The number of nitrogens with one attached hydrogen (secondary N) is 1. The van der Waals surface area contributed by atoms with Crippen molar-refractivity contribution in [1.82, 2.24) is 0 Å². The molecular weight excluding hydrogens is 453 g/mol. The molecule has 0 spiro atoms. The Morgan fingerprint density at radius 3 is 2.52 bits per heavy atom. The van der Waals surface area contributed by atoms with Gasteiger partial charge in [0.15, 0.2) is 5.96 Å². The van der Waals surface area contributed by atoms with Crippen LogP contribution >= 0.6 is 24.0 Å². The largest absolute Gasteiger partial charge is 0.497 e. The number of para-hydroxylation sites is 1. The summed E-state index contributed by atoms with van der Waals surface area (Å²) < 4.78 is 10.5. The van der Waals surface area contributed by atoms with Gasteiger partial charge >= 0.3 is 0 Å². The summed E-state index contributed by atoms with van der Waals surface area (Å²) in [5, 5.41) is 5.43. The molecule has 0 unspecified atom stereocenters. The normalized spacial score (nSPS) is 11.1. The maximum Gasteiger partial charge on any atom is 0.193 e. The molecule has 0 atom stereocenters. The van der Waals surface area contributed by atoms with E-state index >= 15 is 0 Å². The lowest BCUT2D eigenvalue weighted by Gasteiger charge is -2.11. The molecule has 3 N–H and O–H groups in total. The molecule has 0 saturated carbocycles. The minimum Gasteiger partial charge on any atom is -0.497 e. The van der Waals surface area contributed by atoms with Crippen LogP contribution in [0.15, 0.2) is 65.7 Å². The number of anilines is 1. The topological polar surface area (TPSA) is 68.9 Å². The van der Waals surface area contributed by atoms with Gasteiger partial charge in [0, 0.05) is 18.4 Å². The van der Waals surface area contributed by atoms with E-state index in [2.05, 4.69) is 28.5 Å². The number of fused-ring (bicyclic) bond motifs is 1. The number of nitrogens with two attached hydrogens (primary N) is 1. The van der Waals surface area contributed by atoms with E-state index < -0.39 is 0 Å². The summed E-state index contributed by atoms with van der Waals surface area (Å²) in [5.74, 6) is 1.23. The number of hydrogen-bond donors (Lipinski definition) is 2. The van der Waals surface area contributed by atoms with Crippen molar-refractivity contribution in [2.45, 2.75) is 13.2 Å². The number of methoxy groups -OCH3 is 2. The van der Waals surface area contributed by atoms with Crippen molar-refractivity contribution < 1.29 is 9.47 Å². The van der Waals surface area contributed by atoms with Crippen molar-refractivity contribution in [2.24, 2.45) is 10.7 Å². The predicted octanol–water partition coefficient (Wildman–Crippen LogP) is 4.54. The second-order valence-corrected chi connectivity index (χ2v) is 5.96. The summed E-state index contributed by atoms with van der Waals surface area (Å²) in [6, 6.07) is 20.1. The van der Waals surface area contributed by atoms with Gasteiger partial charge in [0.05, 0.1) is 20.3 Å². The van der Waals surface area contributed by atoms with E-state index in [1.54, 1.807) is 14.2 Å². The lowest BCUT2D eigenvalue weighted by molar-refractivity contribution is 0.185. The van der Waals surface area contributed by atoms with Gasteiger partial charge in [-0.3, -0.25) is 0 Å². The van der Waals surface area contributed by atoms with Crippen LogP contribution in [0.4, 0.5) is 5.69 Å². The summed E-state index contributed by atoms with van der Waals surface area (Å²) in [4.78, 5) is 4.45. The Hall–Kier alpha value is -2.32. The molecule has 3 aromatic carbocycles. The van der Waals surface area contributed by atoms with Gasteiger partial charge in [-0.25, -0.2) is 4.99 Å². The van der Waals surface area contributed by atoms with Crippen LogP contribution in [0.3, 0.4) is 0 Å². The highest BCUT2D eigenvalue weighted by atomic mass is 127. The third-order valence-electron chi connectivity index (χ3n) is 4.12. The number of rotatable bonds is 6. The number of guanidine groups is 1. The SMILES string of the molecule is COCc1ccccc1NC(N)=NCc1ccc2cc(OC)ccc2c1.I. The summed E-state index contributed by atoms with van der Waals surface area (Å²) in [5.41, 5.74) is 9.08. The first-order chi connectivity index (χ1) is 12.7. The number of benzene rings is 3. The van der Waals surface area contributed by atoms with Crippen molar-refractivity contribution >= 4 is 46.4 Å². The molecule has 3 rings (SSSR count). The molecule has 0 radical (unpaired) electrons. The highest BCUT2D eigenvalue weighted by Crippen LogP contribution is 2.22. The van der Waals surface area contributed by atoms with Crippen molar-refractivity contribution in [2.75, 3.05) is 19.5 Å². The van der Waals surface area contributed by atoms with Crippen molar-refractivity contribution in [3.05, 3.63) is 71.8 Å². The molecule has 3 aromatic rings. The van der Waals surface area contributed by atoms with Crippen molar-refractivity contribution in [3.63, 3.8) is 0 Å². The summed E-state index contributed by atoms with van der Waals surface area (Å²) >= 11 is 0. The molecule has 0 heterocycles. The zero-order valence-electron chi connectivity index (χ0n) is 15.4. The Bertz CT molecular complexity index is 928. The summed E-state index contributed by atoms with van der Waals surface area (Å²) in [6.45, 7) is 1.03. The van der Waals surface area contributed by atoms with Gasteiger partial charge in [-0.1, -0.05) is 36.4 Å². The smallest absolute Gasteiger partial charge is 0.193 e. The highest BCUT2D eigenvalue weighted by molar-refractivity contribution is 14.0. The third kappa shape index (κ3) is 5.58. The number of ether oxygens (including phenoxy) is 2. The van der Waals surface area contributed by atoms with Crippen LogP contribution in [-0.4, -0.2) is 20.2 Å². The zero-order chi connectivity index (χ0) is 18.4. The van der Waals surface area contributed by atoms with Crippen molar-refractivity contribution in [3.8, 4) is 5.75 Å². The average molecular weight is 477 g/mol. The Morgan fingerprint density at radius 1 is 1.00 bits per heavy atom. The monoisotopic (exact) mass is 477 g/mol. The molecule has 142 valence electrons.